The monoisotopic (exact) mass is 332 g/mol. The maximum absolute atomic E-state index is 10.7. The highest BCUT2D eigenvalue weighted by Gasteiger charge is 2.01. The standard InChI is InChI=1S/C22H36O2/c1-2-3-4-5-6-7-8-9-10-11-12-13-14-15-20-16-17-21(19-23)22(24)18-20/h16-19,24H,2-15H2,1H3. The summed E-state index contributed by atoms with van der Waals surface area (Å²) in [6, 6.07) is 5.38. The number of hydrogen-bond donors (Lipinski definition) is 1. The molecule has 2 heteroatoms. The number of carbonyl (C=O) groups excluding carboxylic acids is 1. The molecule has 2 nitrogen and oxygen atoms in total. The molecule has 0 amide bonds. The minimum Gasteiger partial charge on any atom is -0.507 e. The van der Waals surface area contributed by atoms with Gasteiger partial charge in [0.2, 0.25) is 0 Å². The van der Waals surface area contributed by atoms with Crippen molar-refractivity contribution in [1.29, 1.82) is 0 Å². The smallest absolute Gasteiger partial charge is 0.153 e. The molecule has 1 aromatic rings. The van der Waals surface area contributed by atoms with Crippen molar-refractivity contribution < 1.29 is 9.90 Å². The molecule has 0 aromatic heterocycles. The van der Waals surface area contributed by atoms with Crippen LogP contribution in [0.4, 0.5) is 0 Å². The van der Waals surface area contributed by atoms with Crippen molar-refractivity contribution in [2.45, 2.75) is 96.8 Å². The molecule has 0 unspecified atom stereocenters. The van der Waals surface area contributed by atoms with Crippen molar-refractivity contribution in [2.24, 2.45) is 0 Å². The summed E-state index contributed by atoms with van der Waals surface area (Å²) in [6.07, 6.45) is 19.4. The Morgan fingerprint density at radius 1 is 0.792 bits per heavy atom. The summed E-state index contributed by atoms with van der Waals surface area (Å²) in [7, 11) is 0. The fourth-order valence-electron chi connectivity index (χ4n) is 3.19. The van der Waals surface area contributed by atoms with Crippen molar-refractivity contribution in [3.8, 4) is 5.75 Å². The van der Waals surface area contributed by atoms with Crippen molar-refractivity contribution >= 4 is 6.29 Å². The number of phenolic OH excluding ortho intramolecular Hbond substituents is 1. The predicted molar refractivity (Wildman–Crippen MR) is 103 cm³/mol. The molecule has 1 rings (SSSR count). The van der Waals surface area contributed by atoms with Crippen LogP contribution in [0.15, 0.2) is 18.2 Å². The molecule has 0 saturated carbocycles. The predicted octanol–water partition coefficient (Wildman–Crippen LogP) is 6.84. The Kier molecular flexibility index (Phi) is 12.2. The van der Waals surface area contributed by atoms with E-state index in [1.165, 1.54) is 77.0 Å². The van der Waals surface area contributed by atoms with Crippen LogP contribution >= 0.6 is 0 Å². The molecule has 0 radical (unpaired) electrons. The summed E-state index contributed by atoms with van der Waals surface area (Å²) in [6.45, 7) is 2.27. The summed E-state index contributed by atoms with van der Waals surface area (Å²) >= 11 is 0. The zero-order valence-electron chi connectivity index (χ0n) is 15.6. The van der Waals surface area contributed by atoms with Gasteiger partial charge in [-0.25, -0.2) is 0 Å². The van der Waals surface area contributed by atoms with Gasteiger partial charge >= 0.3 is 0 Å². The van der Waals surface area contributed by atoms with Gasteiger partial charge in [0.05, 0.1) is 5.56 Å². The first-order valence-corrected chi connectivity index (χ1v) is 10.0. The van der Waals surface area contributed by atoms with Gasteiger partial charge in [-0.2, -0.15) is 0 Å². The van der Waals surface area contributed by atoms with E-state index in [0.29, 0.717) is 11.8 Å². The number of phenols is 1. The van der Waals surface area contributed by atoms with E-state index >= 15 is 0 Å². The van der Waals surface area contributed by atoms with Crippen LogP contribution in [0.25, 0.3) is 0 Å². The highest BCUT2D eigenvalue weighted by atomic mass is 16.3. The molecule has 0 aliphatic carbocycles. The first-order chi connectivity index (χ1) is 11.8. The van der Waals surface area contributed by atoms with E-state index < -0.39 is 0 Å². The van der Waals surface area contributed by atoms with Gasteiger partial charge in [-0.05, 0) is 30.5 Å². The minimum absolute atomic E-state index is 0.109. The molecule has 0 atom stereocenters. The van der Waals surface area contributed by atoms with Crippen molar-refractivity contribution in [3.05, 3.63) is 29.3 Å². The number of unbranched alkanes of at least 4 members (excludes halogenated alkanes) is 12. The first kappa shape index (κ1) is 20.7. The topological polar surface area (TPSA) is 37.3 Å². The van der Waals surface area contributed by atoms with Crippen LogP contribution in [0.1, 0.15) is 106 Å². The van der Waals surface area contributed by atoms with E-state index in [1.807, 2.05) is 6.07 Å². The maximum Gasteiger partial charge on any atom is 0.153 e. The summed E-state index contributed by atoms with van der Waals surface area (Å²) in [5, 5.41) is 9.66. The Morgan fingerprint density at radius 2 is 1.29 bits per heavy atom. The Labute approximate surface area is 148 Å². The third kappa shape index (κ3) is 9.75. The Morgan fingerprint density at radius 3 is 1.75 bits per heavy atom. The Bertz CT molecular complexity index is 440. The number of rotatable bonds is 15. The number of hydrogen-bond acceptors (Lipinski definition) is 2. The average Bonchev–Trinajstić information content (AvgIpc) is 2.59. The van der Waals surface area contributed by atoms with Gasteiger partial charge in [0.25, 0.3) is 0 Å². The Balaban J connectivity index is 1.90. The Hall–Kier alpha value is -1.31. The molecule has 0 aliphatic rings. The molecule has 136 valence electrons. The van der Waals surface area contributed by atoms with E-state index in [9.17, 15) is 9.90 Å². The second-order valence-corrected chi connectivity index (χ2v) is 7.00. The van der Waals surface area contributed by atoms with Crippen LogP contribution in [-0.2, 0) is 6.42 Å². The quantitative estimate of drug-likeness (QED) is 0.282. The molecular weight excluding hydrogens is 296 g/mol. The third-order valence-corrected chi connectivity index (χ3v) is 4.79. The van der Waals surface area contributed by atoms with Gasteiger partial charge in [0.15, 0.2) is 6.29 Å². The normalized spacial score (nSPS) is 10.9. The molecule has 24 heavy (non-hydrogen) atoms. The van der Waals surface area contributed by atoms with Gasteiger partial charge < -0.3 is 5.11 Å². The number of aldehydes is 1. The zero-order valence-corrected chi connectivity index (χ0v) is 15.6. The number of benzene rings is 1. The van der Waals surface area contributed by atoms with Crippen LogP contribution in [0.2, 0.25) is 0 Å². The van der Waals surface area contributed by atoms with Crippen molar-refractivity contribution in [3.63, 3.8) is 0 Å². The maximum atomic E-state index is 10.7. The molecule has 1 aromatic carbocycles. The van der Waals surface area contributed by atoms with E-state index in [4.69, 9.17) is 0 Å². The molecule has 0 saturated heterocycles. The zero-order chi connectivity index (χ0) is 17.5. The third-order valence-electron chi connectivity index (χ3n) is 4.79. The second-order valence-electron chi connectivity index (χ2n) is 7.00. The van der Waals surface area contributed by atoms with Gasteiger partial charge in [0, 0.05) is 0 Å². The first-order valence-electron chi connectivity index (χ1n) is 10.0. The van der Waals surface area contributed by atoms with Gasteiger partial charge in [-0.1, -0.05) is 90.0 Å². The number of carbonyl (C=O) groups is 1. The van der Waals surface area contributed by atoms with Crippen molar-refractivity contribution in [2.75, 3.05) is 0 Å². The van der Waals surface area contributed by atoms with Crippen LogP contribution in [-0.4, -0.2) is 11.4 Å². The summed E-state index contributed by atoms with van der Waals surface area (Å²) in [5.74, 6) is 0.109. The highest BCUT2D eigenvalue weighted by Crippen LogP contribution is 2.19. The van der Waals surface area contributed by atoms with E-state index in [0.717, 1.165) is 18.4 Å². The molecular formula is C22H36O2. The van der Waals surface area contributed by atoms with Crippen LogP contribution < -0.4 is 0 Å². The lowest BCUT2D eigenvalue weighted by atomic mass is 10.0. The molecule has 0 bridgehead atoms. The lowest BCUT2D eigenvalue weighted by molar-refractivity contribution is 0.112. The summed E-state index contributed by atoms with van der Waals surface area (Å²) in [5.41, 5.74) is 1.50. The fraction of sp³-hybridized carbons (Fsp3) is 0.682. The second kappa shape index (κ2) is 14.1. The van der Waals surface area contributed by atoms with Crippen LogP contribution in [0, 0.1) is 0 Å². The molecule has 0 spiro atoms. The van der Waals surface area contributed by atoms with Gasteiger partial charge in [-0.3, -0.25) is 4.79 Å². The van der Waals surface area contributed by atoms with Gasteiger partial charge in [-0.15, -0.1) is 0 Å². The summed E-state index contributed by atoms with van der Waals surface area (Å²) < 4.78 is 0. The van der Waals surface area contributed by atoms with E-state index in [1.54, 1.807) is 12.1 Å². The fourth-order valence-corrected chi connectivity index (χ4v) is 3.19. The van der Waals surface area contributed by atoms with E-state index in [-0.39, 0.29) is 5.75 Å². The van der Waals surface area contributed by atoms with E-state index in [2.05, 4.69) is 6.92 Å². The lowest BCUT2D eigenvalue weighted by Gasteiger charge is -2.05. The minimum atomic E-state index is 0.109. The lowest BCUT2D eigenvalue weighted by Crippen LogP contribution is -1.89. The SMILES string of the molecule is CCCCCCCCCCCCCCCc1ccc(C=O)c(O)c1. The summed E-state index contributed by atoms with van der Waals surface area (Å²) in [4.78, 5) is 10.7. The molecule has 0 heterocycles. The number of aromatic hydroxyl groups is 1. The highest BCUT2D eigenvalue weighted by molar-refractivity contribution is 5.79. The number of aryl methyl sites for hydroxylation is 1. The largest absolute Gasteiger partial charge is 0.507 e. The molecule has 0 aliphatic heterocycles. The van der Waals surface area contributed by atoms with Crippen LogP contribution in [0.3, 0.4) is 0 Å². The average molecular weight is 333 g/mol. The molecule has 1 N–H and O–H groups in total. The van der Waals surface area contributed by atoms with Crippen molar-refractivity contribution in [1.82, 2.24) is 0 Å². The van der Waals surface area contributed by atoms with Gasteiger partial charge in [0.1, 0.15) is 5.75 Å². The van der Waals surface area contributed by atoms with Crippen LogP contribution in [0.5, 0.6) is 5.75 Å². The molecule has 0 fully saturated rings.